The maximum Gasteiger partial charge on any atom is 0.407 e. The second kappa shape index (κ2) is 53.7. The lowest BCUT2D eigenvalue weighted by Crippen LogP contribution is -2.45. The number of nitrogens with one attached hydrogen (secondary N) is 4. The highest BCUT2D eigenvalue weighted by atomic mass is 16.7. The van der Waals surface area contributed by atoms with Crippen molar-refractivity contribution in [2.45, 2.75) is 198 Å². The van der Waals surface area contributed by atoms with Gasteiger partial charge in [0, 0.05) is 81.5 Å². The smallest absolute Gasteiger partial charge is 0.407 e. The van der Waals surface area contributed by atoms with Crippen molar-refractivity contribution in [3.63, 3.8) is 0 Å². The van der Waals surface area contributed by atoms with Gasteiger partial charge in [-0.1, -0.05) is 120 Å². The molecule has 1 aromatic carbocycles. The largest absolute Gasteiger partial charge is 0.445 e. The number of benzene rings is 1. The molecule has 3 heterocycles. The number of ketones is 1. The van der Waals surface area contributed by atoms with Crippen molar-refractivity contribution in [3.05, 3.63) is 35.9 Å². The molecule has 0 radical (unpaired) electrons. The van der Waals surface area contributed by atoms with Gasteiger partial charge >= 0.3 is 6.09 Å². The molecule has 4 rings (SSSR count). The summed E-state index contributed by atoms with van der Waals surface area (Å²) in [4.78, 5) is 65.4. The summed E-state index contributed by atoms with van der Waals surface area (Å²) in [6.45, 7) is 33.3. The molecule has 25 heteroatoms. The van der Waals surface area contributed by atoms with Gasteiger partial charge in [0.1, 0.15) is 12.4 Å². The fraction of sp³-hybridized carbons (Fsp3) is 0.855. The number of carbonyl (C=O) groups is 5. The minimum atomic E-state index is -1.07. The summed E-state index contributed by atoms with van der Waals surface area (Å²) in [7, 11) is 0. The van der Waals surface area contributed by atoms with Crippen LogP contribution < -0.4 is 21.3 Å². The van der Waals surface area contributed by atoms with E-state index in [1.165, 1.54) is 0 Å². The van der Waals surface area contributed by atoms with E-state index < -0.39 is 11.5 Å². The first-order chi connectivity index (χ1) is 48.8. The van der Waals surface area contributed by atoms with Gasteiger partial charge in [0.2, 0.25) is 17.7 Å². The first-order valence-electron chi connectivity index (χ1n) is 38.1. The second-order valence-corrected chi connectivity index (χ2v) is 27.8. The molecule has 6 unspecified atom stereocenters. The van der Waals surface area contributed by atoms with Crippen LogP contribution in [0.2, 0.25) is 0 Å². The monoisotopic (exact) mass is 1440 g/mol. The Hall–Kier alpha value is -4.03. The molecule has 3 fully saturated rings. The molecule has 15 atom stereocenters. The molecule has 1 aromatic rings. The average Bonchev–Trinajstić information content (AvgIpc) is 0.822. The van der Waals surface area contributed by atoms with E-state index in [1.807, 2.05) is 30.3 Å². The molecule has 0 saturated carbocycles. The van der Waals surface area contributed by atoms with Crippen molar-refractivity contribution in [1.29, 1.82) is 0 Å². The molecular formula is C76H134N4O21. The number of unbranched alkanes of at least 4 members (excludes halogenated alkanes) is 2. The van der Waals surface area contributed by atoms with E-state index in [0.29, 0.717) is 141 Å². The maximum atomic E-state index is 14.0. The van der Waals surface area contributed by atoms with E-state index in [0.717, 1.165) is 24.8 Å². The third-order valence-electron chi connectivity index (χ3n) is 20.3. The van der Waals surface area contributed by atoms with Crippen molar-refractivity contribution in [3.8, 4) is 0 Å². The van der Waals surface area contributed by atoms with E-state index in [-0.39, 0.29) is 196 Å². The fourth-order valence-electron chi connectivity index (χ4n) is 12.9. The lowest BCUT2D eigenvalue weighted by molar-refractivity contribution is -0.251. The zero-order chi connectivity index (χ0) is 73.5. The van der Waals surface area contributed by atoms with Gasteiger partial charge in [-0.2, -0.15) is 0 Å². The van der Waals surface area contributed by atoms with Gasteiger partial charge in [-0.25, -0.2) is 4.79 Å². The molecule has 4 amide bonds. The van der Waals surface area contributed by atoms with E-state index in [4.69, 9.17) is 75.8 Å². The van der Waals surface area contributed by atoms with Gasteiger partial charge in [0.25, 0.3) is 0 Å². The van der Waals surface area contributed by atoms with Gasteiger partial charge in [-0.05, 0) is 73.2 Å². The lowest BCUT2D eigenvalue weighted by atomic mass is 9.78. The highest BCUT2D eigenvalue weighted by Gasteiger charge is 2.41. The molecular weight excluding hydrogens is 1300 g/mol. The normalized spacial score (nSPS) is 25.8. The topological polar surface area (TPSA) is 281 Å². The number of hydrogen-bond acceptors (Lipinski definition) is 21. The van der Waals surface area contributed by atoms with Crippen molar-refractivity contribution in [2.24, 2.45) is 58.7 Å². The Balaban J connectivity index is 1.24. The van der Waals surface area contributed by atoms with Crippen LogP contribution in [0.3, 0.4) is 0 Å². The third-order valence-corrected chi connectivity index (χ3v) is 20.3. The van der Waals surface area contributed by atoms with Crippen LogP contribution in [0.25, 0.3) is 0 Å². The Kier molecular flexibility index (Phi) is 47.5. The number of rotatable bonds is 58. The Morgan fingerprint density at radius 3 is 1.07 bits per heavy atom. The molecule has 0 aliphatic carbocycles. The fourth-order valence-corrected chi connectivity index (χ4v) is 12.9. The van der Waals surface area contributed by atoms with Crippen LogP contribution in [0, 0.1) is 58.7 Å². The summed E-state index contributed by atoms with van der Waals surface area (Å²) in [6, 6.07) is 9.42. The van der Waals surface area contributed by atoms with Crippen LogP contribution in [-0.4, -0.2) is 232 Å². The van der Waals surface area contributed by atoms with Gasteiger partial charge < -0.3 is 97.1 Å². The summed E-state index contributed by atoms with van der Waals surface area (Å²) < 4.78 is 95.1. The molecule has 3 saturated heterocycles. The summed E-state index contributed by atoms with van der Waals surface area (Å²) in [5.41, 5.74) is -0.184. The summed E-state index contributed by atoms with van der Waals surface area (Å²) in [5, 5.41) is 11.4. The minimum absolute atomic E-state index is 0.0116. The van der Waals surface area contributed by atoms with Crippen LogP contribution >= 0.6 is 0 Å². The number of amides is 4. The molecule has 101 heavy (non-hydrogen) atoms. The van der Waals surface area contributed by atoms with E-state index >= 15 is 0 Å². The highest BCUT2D eigenvalue weighted by molar-refractivity contribution is 5.79. The summed E-state index contributed by atoms with van der Waals surface area (Å²) in [6.07, 6.45) is 4.28. The lowest BCUT2D eigenvalue weighted by Gasteiger charge is -2.43. The highest BCUT2D eigenvalue weighted by Crippen LogP contribution is 2.39. The van der Waals surface area contributed by atoms with Crippen molar-refractivity contribution < 1.29 is 99.8 Å². The van der Waals surface area contributed by atoms with Crippen LogP contribution in [0.5, 0.6) is 0 Å². The molecule has 25 nitrogen and oxygen atoms in total. The first kappa shape index (κ1) is 89.4. The second-order valence-electron chi connectivity index (χ2n) is 27.8. The zero-order valence-electron chi connectivity index (χ0n) is 63.8. The van der Waals surface area contributed by atoms with Crippen molar-refractivity contribution in [2.75, 3.05) is 165 Å². The van der Waals surface area contributed by atoms with Crippen LogP contribution in [0.1, 0.15) is 159 Å². The van der Waals surface area contributed by atoms with Crippen LogP contribution in [0.4, 0.5) is 4.79 Å². The predicted molar refractivity (Wildman–Crippen MR) is 383 cm³/mol. The number of ether oxygens (including phenoxy) is 16. The molecule has 4 N–H and O–H groups in total. The van der Waals surface area contributed by atoms with Gasteiger partial charge in [-0.15, -0.1) is 0 Å². The molecule has 584 valence electrons. The maximum absolute atomic E-state index is 14.0. The van der Waals surface area contributed by atoms with Crippen LogP contribution in [-0.2, 0) is 102 Å². The molecule has 3 aliphatic rings. The molecule has 0 aromatic heterocycles. The van der Waals surface area contributed by atoms with E-state index in [2.05, 4.69) is 104 Å². The van der Waals surface area contributed by atoms with Gasteiger partial charge in [0.15, 0.2) is 18.9 Å². The number of hydrogen-bond donors (Lipinski definition) is 4. The average molecular weight is 1440 g/mol. The van der Waals surface area contributed by atoms with Crippen molar-refractivity contribution >= 4 is 29.6 Å². The SMILES string of the molecule is CCC1O[C@H](OCCOCCOCCNC(=O)CCOCC(COCCC(=O)NCCOCCOCCO[C@H]2OC(CC)[C@@H](C)[C@H](C)C2C)(COCCC(=O)NCCOCCOCCO[C@H]2OC(CC)[C@@H](C)[C@H](C)C2C)CC(=O)CCCCCNC(=O)OCc2ccccc2)C(C)[C@@H](C)[C@@H]1C. The summed E-state index contributed by atoms with van der Waals surface area (Å²) >= 11 is 0. The van der Waals surface area contributed by atoms with Gasteiger partial charge in [-0.3, -0.25) is 19.2 Å². The Bertz CT molecular complexity index is 2140. The predicted octanol–water partition coefficient (Wildman–Crippen LogP) is 9.27. The Morgan fingerprint density at radius 1 is 0.366 bits per heavy atom. The van der Waals surface area contributed by atoms with Crippen molar-refractivity contribution in [1.82, 2.24) is 21.3 Å². The zero-order valence-corrected chi connectivity index (χ0v) is 63.8. The molecule has 0 spiro atoms. The molecule has 3 aliphatic heterocycles. The van der Waals surface area contributed by atoms with Gasteiger partial charge in [0.05, 0.1) is 157 Å². The molecule has 0 bridgehead atoms. The standard InChI is InChI=1S/C76H134N4O21/c1-13-66-58(7)55(4)61(10)72(99-66)95-47-44-89-41-38-86-35-29-77-69(82)25-32-92-52-76(50-65(81)24-20-17-21-28-80-75(85)98-51-64-22-18-16-19-23-64,53-93-33-26-70(83)78-30-36-87-39-42-90-45-48-96-73-62(11)56(5)59(8)67(14-2)100-73)54-94-34-27-71(84)79-31-37-88-40-43-91-46-49-97-74-63(12)57(6)60(9)68(15-3)101-74/h16,18-19,22-23,55-63,66-68,72-74H,13-15,17,20-21,24-54H2,1-12H3,(H,77,82)(H,78,83)(H,79,84)(H,80,85)/t55-,56-,57-,58-,59-,60-,61?,62?,63?,66?,67?,68?,72-,73-,74-,76?/m0/s1. The number of alkyl carbamates (subject to hydrolysis) is 1. The van der Waals surface area contributed by atoms with E-state index in [9.17, 15) is 24.0 Å². The minimum Gasteiger partial charge on any atom is -0.445 e. The third kappa shape index (κ3) is 36.7. The summed E-state index contributed by atoms with van der Waals surface area (Å²) in [5.74, 6) is 2.97. The van der Waals surface area contributed by atoms with E-state index in [1.54, 1.807) is 0 Å². The first-order valence-corrected chi connectivity index (χ1v) is 38.1. The number of Topliss-reactive ketones (excluding diaryl/α,β-unsaturated/α-hetero) is 1. The Morgan fingerprint density at radius 2 is 0.713 bits per heavy atom. The Labute approximate surface area is 605 Å². The quantitative estimate of drug-likeness (QED) is 0.0442. The van der Waals surface area contributed by atoms with Crippen LogP contribution in [0.15, 0.2) is 30.3 Å². The number of carbonyl (C=O) groups excluding carboxylic acids is 5.